The first kappa shape index (κ1) is 23.5. The van der Waals surface area contributed by atoms with E-state index in [-0.39, 0.29) is 23.2 Å². The molecule has 1 aromatic heterocycles. The minimum Gasteiger partial charge on any atom is -0.440 e. The molecule has 174 valence electrons. The largest absolute Gasteiger partial charge is 0.440 e. The minimum absolute atomic E-state index is 0.0611. The summed E-state index contributed by atoms with van der Waals surface area (Å²) in [5.41, 5.74) is 2.54. The second kappa shape index (κ2) is 9.69. The van der Waals surface area contributed by atoms with Gasteiger partial charge in [-0.1, -0.05) is 76.2 Å². The van der Waals surface area contributed by atoms with Gasteiger partial charge in [-0.2, -0.15) is 5.26 Å². The fourth-order valence-corrected chi connectivity index (χ4v) is 4.55. The molecule has 4 unspecified atom stereocenters. The van der Waals surface area contributed by atoms with Gasteiger partial charge in [0, 0.05) is 12.0 Å². The molecule has 0 radical (unpaired) electrons. The number of carbonyl (C=O) groups excluding carboxylic acids is 1. The molecule has 0 aliphatic heterocycles. The van der Waals surface area contributed by atoms with Crippen molar-refractivity contribution in [1.82, 2.24) is 4.98 Å². The number of pyridine rings is 1. The third kappa shape index (κ3) is 4.82. The van der Waals surface area contributed by atoms with Gasteiger partial charge in [-0.05, 0) is 47.1 Å². The van der Waals surface area contributed by atoms with Crippen molar-refractivity contribution in [3.8, 4) is 17.7 Å². The van der Waals surface area contributed by atoms with Gasteiger partial charge in [0.05, 0.1) is 11.6 Å². The van der Waals surface area contributed by atoms with Crippen molar-refractivity contribution < 1.29 is 14.3 Å². The number of hydrogen-bond donors (Lipinski definition) is 0. The number of rotatable bonds is 8. The predicted octanol–water partition coefficient (Wildman–Crippen LogP) is 6.94. The molecule has 0 N–H and O–H groups in total. The Labute approximate surface area is 201 Å². The van der Waals surface area contributed by atoms with E-state index in [2.05, 4.69) is 63.0 Å². The second-order valence-electron chi connectivity index (χ2n) is 9.51. The number of ether oxygens (including phenoxy) is 2. The summed E-state index contributed by atoms with van der Waals surface area (Å²) in [6.07, 6.45) is -0.0126. The van der Waals surface area contributed by atoms with E-state index in [9.17, 15) is 10.1 Å². The number of carbonyl (C=O) groups is 1. The third-order valence-corrected chi connectivity index (χ3v) is 6.89. The summed E-state index contributed by atoms with van der Waals surface area (Å²) in [6.45, 7) is 8.53. The molecule has 1 aliphatic rings. The number of hydrogen-bond acceptors (Lipinski definition) is 5. The van der Waals surface area contributed by atoms with Crippen molar-refractivity contribution in [3.05, 3.63) is 89.6 Å². The van der Waals surface area contributed by atoms with Gasteiger partial charge in [-0.3, -0.25) is 4.79 Å². The molecule has 2 aromatic carbocycles. The maximum atomic E-state index is 13.1. The first-order chi connectivity index (χ1) is 16.3. The first-order valence-electron chi connectivity index (χ1n) is 11.7. The van der Waals surface area contributed by atoms with Gasteiger partial charge >= 0.3 is 5.97 Å². The highest BCUT2D eigenvalue weighted by atomic mass is 16.5. The van der Waals surface area contributed by atoms with Crippen LogP contribution in [0.3, 0.4) is 0 Å². The number of nitriles is 1. The Hall–Kier alpha value is -3.65. The molecule has 0 spiro atoms. The fraction of sp³-hybridized carbons (Fsp3) is 0.345. The maximum Gasteiger partial charge on any atom is 0.311 e. The van der Waals surface area contributed by atoms with Gasteiger partial charge in [-0.25, -0.2) is 4.98 Å². The summed E-state index contributed by atoms with van der Waals surface area (Å²) >= 11 is 0. The highest BCUT2D eigenvalue weighted by molar-refractivity contribution is 5.80. The lowest BCUT2D eigenvalue weighted by atomic mass is 9.95. The van der Waals surface area contributed by atoms with Crippen LogP contribution in [-0.4, -0.2) is 11.0 Å². The van der Waals surface area contributed by atoms with Crippen LogP contribution in [0.25, 0.3) is 0 Å². The summed E-state index contributed by atoms with van der Waals surface area (Å²) in [4.78, 5) is 17.5. The van der Waals surface area contributed by atoms with E-state index >= 15 is 0 Å². The van der Waals surface area contributed by atoms with Crippen LogP contribution in [-0.2, 0) is 9.53 Å². The highest BCUT2D eigenvalue weighted by Crippen LogP contribution is 2.65. The van der Waals surface area contributed by atoms with Crippen LogP contribution in [0, 0.1) is 22.7 Å². The van der Waals surface area contributed by atoms with Crippen LogP contribution in [0.2, 0.25) is 0 Å². The molecule has 34 heavy (non-hydrogen) atoms. The molecule has 5 heteroatoms. The lowest BCUT2D eigenvalue weighted by Gasteiger charge is -2.13. The molecule has 4 atom stereocenters. The quantitative estimate of drug-likeness (QED) is 0.345. The molecule has 0 bridgehead atoms. The zero-order valence-corrected chi connectivity index (χ0v) is 20.1. The molecular formula is C29H30N2O3. The van der Waals surface area contributed by atoms with Crippen LogP contribution in [0.5, 0.6) is 11.6 Å². The van der Waals surface area contributed by atoms with Crippen molar-refractivity contribution in [1.29, 1.82) is 5.26 Å². The Morgan fingerprint density at radius 2 is 1.76 bits per heavy atom. The first-order valence-corrected chi connectivity index (χ1v) is 11.7. The smallest absolute Gasteiger partial charge is 0.311 e. The van der Waals surface area contributed by atoms with E-state index in [1.165, 1.54) is 5.56 Å². The summed E-state index contributed by atoms with van der Waals surface area (Å²) in [6, 6.07) is 25.0. The van der Waals surface area contributed by atoms with Crippen molar-refractivity contribution >= 4 is 5.97 Å². The predicted molar refractivity (Wildman–Crippen MR) is 130 cm³/mol. The Morgan fingerprint density at radius 3 is 2.41 bits per heavy atom. The van der Waals surface area contributed by atoms with E-state index in [1.807, 2.05) is 30.3 Å². The number of para-hydroxylation sites is 1. The Bertz CT molecular complexity index is 1180. The number of esters is 1. The number of aromatic nitrogens is 1. The van der Waals surface area contributed by atoms with Gasteiger partial charge in [0.25, 0.3) is 0 Å². The van der Waals surface area contributed by atoms with Crippen LogP contribution < -0.4 is 4.74 Å². The van der Waals surface area contributed by atoms with Crippen molar-refractivity contribution in [2.24, 2.45) is 11.3 Å². The molecule has 3 aromatic rings. The Kier molecular flexibility index (Phi) is 6.70. The molecule has 4 rings (SSSR count). The van der Waals surface area contributed by atoms with E-state index < -0.39 is 6.10 Å². The third-order valence-electron chi connectivity index (χ3n) is 6.89. The van der Waals surface area contributed by atoms with Gasteiger partial charge in [-0.15, -0.1) is 0 Å². The van der Waals surface area contributed by atoms with Gasteiger partial charge in [0.15, 0.2) is 0 Å². The van der Waals surface area contributed by atoms with E-state index in [1.54, 1.807) is 18.2 Å². The molecule has 5 nitrogen and oxygen atoms in total. The van der Waals surface area contributed by atoms with Crippen molar-refractivity contribution in [3.63, 3.8) is 0 Å². The SMILES string of the molecule is CCC(C)c1ccc(C2C(C(=O)OC(C#N)c3cccc(Oc4ccccc4)n3)C2(C)C)cc1. The van der Waals surface area contributed by atoms with Gasteiger partial charge in [0.2, 0.25) is 12.0 Å². The summed E-state index contributed by atoms with van der Waals surface area (Å²) in [5.74, 6) is 0.870. The normalized spacial score (nSPS) is 20.0. The minimum atomic E-state index is -1.10. The maximum absolute atomic E-state index is 13.1. The van der Waals surface area contributed by atoms with Crippen LogP contribution in [0.1, 0.15) is 68.9 Å². The van der Waals surface area contributed by atoms with E-state index in [0.717, 1.165) is 12.0 Å². The number of nitrogens with zero attached hydrogens (tertiary/aromatic N) is 2. The molecule has 1 heterocycles. The van der Waals surface area contributed by atoms with Gasteiger partial charge in [0.1, 0.15) is 11.8 Å². The summed E-state index contributed by atoms with van der Waals surface area (Å²) in [5, 5.41) is 9.72. The second-order valence-corrected chi connectivity index (χ2v) is 9.51. The highest BCUT2D eigenvalue weighted by Gasteiger charge is 2.63. The summed E-state index contributed by atoms with van der Waals surface area (Å²) in [7, 11) is 0. The number of benzene rings is 2. The zero-order valence-electron chi connectivity index (χ0n) is 20.1. The molecular weight excluding hydrogens is 424 g/mol. The monoisotopic (exact) mass is 454 g/mol. The standard InChI is InChI=1S/C29H30N2O3/c1-5-19(2)20-14-16-21(17-15-20)26-27(29(26,3)4)28(32)34-24(18-30)23-12-9-13-25(31-23)33-22-10-7-6-8-11-22/h6-17,19,24,26-27H,5H2,1-4H3. The average molecular weight is 455 g/mol. The van der Waals surface area contributed by atoms with Crippen molar-refractivity contribution in [2.45, 2.75) is 52.1 Å². The van der Waals surface area contributed by atoms with Crippen molar-refractivity contribution in [2.75, 3.05) is 0 Å². The van der Waals surface area contributed by atoms with E-state index in [0.29, 0.717) is 23.2 Å². The fourth-order valence-electron chi connectivity index (χ4n) is 4.55. The average Bonchev–Trinajstić information content (AvgIpc) is 3.44. The Morgan fingerprint density at radius 1 is 1.06 bits per heavy atom. The molecule has 1 saturated carbocycles. The molecule has 1 aliphatic carbocycles. The zero-order chi connectivity index (χ0) is 24.3. The van der Waals surface area contributed by atoms with Crippen LogP contribution in [0.15, 0.2) is 72.8 Å². The van der Waals surface area contributed by atoms with E-state index in [4.69, 9.17) is 9.47 Å². The molecule has 0 amide bonds. The summed E-state index contributed by atoms with van der Waals surface area (Å²) < 4.78 is 11.4. The topological polar surface area (TPSA) is 72.2 Å². The van der Waals surface area contributed by atoms with Crippen LogP contribution in [0.4, 0.5) is 0 Å². The van der Waals surface area contributed by atoms with Gasteiger partial charge < -0.3 is 9.47 Å². The molecule has 1 fully saturated rings. The Balaban J connectivity index is 1.46. The molecule has 0 saturated heterocycles. The lowest BCUT2D eigenvalue weighted by molar-refractivity contribution is -0.149. The lowest BCUT2D eigenvalue weighted by Crippen LogP contribution is -2.15. The van der Waals surface area contributed by atoms with Crippen LogP contribution >= 0.6 is 0 Å².